The van der Waals surface area contributed by atoms with Crippen LogP contribution < -0.4 is 15.4 Å². The van der Waals surface area contributed by atoms with Crippen LogP contribution in [0.3, 0.4) is 0 Å². The number of amides is 2. The van der Waals surface area contributed by atoms with Gasteiger partial charge in [-0.3, -0.25) is 19.3 Å². The number of nitrogens with zero attached hydrogens (tertiary/aromatic N) is 9. The van der Waals surface area contributed by atoms with Crippen LogP contribution in [-0.2, 0) is 12.0 Å². The van der Waals surface area contributed by atoms with Gasteiger partial charge in [-0.25, -0.2) is 9.48 Å². The summed E-state index contributed by atoms with van der Waals surface area (Å²) in [6, 6.07) is 13.9. The van der Waals surface area contributed by atoms with E-state index in [4.69, 9.17) is 9.84 Å². The van der Waals surface area contributed by atoms with Crippen molar-refractivity contribution in [1.29, 1.82) is 0 Å². The second kappa shape index (κ2) is 13.3. The minimum atomic E-state index is -0.289. The predicted octanol–water partition coefficient (Wildman–Crippen LogP) is 5.51. The van der Waals surface area contributed by atoms with Gasteiger partial charge in [0, 0.05) is 18.0 Å². The standard InChI is InChI=1S/C36H47N11O2/c1-36(2,3)31-20-33(47(42-31)24-21-37-45(22-24)19-18-43(4)5)39-35(48)38-28-14-15-30(27-11-8-7-10-26(27)28)49-25-13-16-32-40-41-34(46(32)23-25)29-12-9-17-44(29)6/h7-8,10-11,13,16,20-23,28-30H,9,12,14-15,17-19H2,1-6H3,(H2,38,39,48). The van der Waals surface area contributed by atoms with Crippen LogP contribution in [0.1, 0.15) is 87.3 Å². The lowest BCUT2D eigenvalue weighted by atomic mass is 9.85. The van der Waals surface area contributed by atoms with Gasteiger partial charge < -0.3 is 15.0 Å². The van der Waals surface area contributed by atoms with Gasteiger partial charge in [-0.05, 0) is 76.6 Å². The number of carbonyl (C=O) groups excluding carboxylic acids is 1. The number of anilines is 1. The van der Waals surface area contributed by atoms with Crippen molar-refractivity contribution in [3.63, 3.8) is 0 Å². The minimum Gasteiger partial charge on any atom is -0.484 e. The van der Waals surface area contributed by atoms with Crippen LogP contribution in [0.25, 0.3) is 11.3 Å². The van der Waals surface area contributed by atoms with Crippen LogP contribution in [0.4, 0.5) is 10.6 Å². The number of likely N-dealkylation sites (N-methyl/N-ethyl adjacent to an activating group) is 1. The molecular weight excluding hydrogens is 618 g/mol. The molecule has 5 heterocycles. The normalized spacial score (nSPS) is 19.8. The van der Waals surface area contributed by atoms with Gasteiger partial charge in [-0.2, -0.15) is 10.2 Å². The molecule has 0 radical (unpaired) electrons. The number of nitrogens with one attached hydrogen (secondary N) is 2. The van der Waals surface area contributed by atoms with E-state index < -0.39 is 0 Å². The van der Waals surface area contributed by atoms with E-state index in [9.17, 15) is 4.79 Å². The third kappa shape index (κ3) is 6.90. The van der Waals surface area contributed by atoms with Gasteiger partial charge in [0.2, 0.25) is 0 Å². The van der Waals surface area contributed by atoms with Crippen LogP contribution in [-0.4, -0.2) is 84.2 Å². The number of hydrogen-bond donors (Lipinski definition) is 2. The van der Waals surface area contributed by atoms with Crippen LogP contribution in [0.5, 0.6) is 5.75 Å². The zero-order valence-electron chi connectivity index (χ0n) is 29.3. The maximum atomic E-state index is 13.6. The number of hydrogen-bond acceptors (Lipinski definition) is 8. The van der Waals surface area contributed by atoms with Gasteiger partial charge in [0.1, 0.15) is 23.4 Å². The Labute approximate surface area is 287 Å². The van der Waals surface area contributed by atoms with E-state index >= 15 is 0 Å². The fourth-order valence-electron chi connectivity index (χ4n) is 6.84. The Morgan fingerprint density at radius 1 is 1.04 bits per heavy atom. The number of rotatable bonds is 9. The van der Waals surface area contributed by atoms with E-state index in [0.29, 0.717) is 5.82 Å². The molecule has 3 unspecified atom stereocenters. The van der Waals surface area contributed by atoms with E-state index in [0.717, 1.165) is 85.0 Å². The minimum absolute atomic E-state index is 0.149. The molecule has 13 heteroatoms. The topological polar surface area (TPSA) is 123 Å². The maximum Gasteiger partial charge on any atom is 0.320 e. The summed E-state index contributed by atoms with van der Waals surface area (Å²) in [5.41, 5.74) is 4.40. The molecule has 13 nitrogen and oxygen atoms in total. The largest absolute Gasteiger partial charge is 0.484 e. The number of pyridine rings is 1. The average Bonchev–Trinajstić information content (AvgIpc) is 3.87. The zero-order chi connectivity index (χ0) is 34.3. The molecule has 0 bridgehead atoms. The summed E-state index contributed by atoms with van der Waals surface area (Å²) in [4.78, 5) is 18.1. The van der Waals surface area contributed by atoms with Gasteiger partial charge >= 0.3 is 6.03 Å². The molecule has 3 atom stereocenters. The molecule has 1 aromatic carbocycles. The fourth-order valence-corrected chi connectivity index (χ4v) is 6.84. The number of carbonyl (C=O) groups is 1. The Morgan fingerprint density at radius 2 is 1.86 bits per heavy atom. The van der Waals surface area contributed by atoms with Gasteiger partial charge in [0.25, 0.3) is 0 Å². The summed E-state index contributed by atoms with van der Waals surface area (Å²) < 4.78 is 12.4. The first-order valence-corrected chi connectivity index (χ1v) is 17.2. The SMILES string of the molecule is CN(C)CCn1cc(-n2nc(C(C)(C)C)cc2NC(=O)NC2CCC(Oc3ccc4nnc(C5CCCN5C)n4c3)c3ccccc32)cn1. The van der Waals surface area contributed by atoms with Crippen molar-refractivity contribution in [1.82, 2.24) is 49.3 Å². The van der Waals surface area contributed by atoms with Crippen LogP contribution in [0.15, 0.2) is 61.1 Å². The van der Waals surface area contributed by atoms with Crippen molar-refractivity contribution in [2.75, 3.05) is 39.5 Å². The first kappa shape index (κ1) is 32.8. The smallest absolute Gasteiger partial charge is 0.320 e. The van der Waals surface area contributed by atoms with E-state index in [2.05, 4.69) is 80.1 Å². The lowest BCUT2D eigenvalue weighted by Gasteiger charge is -2.32. The number of benzene rings is 1. The molecule has 258 valence electrons. The zero-order valence-corrected chi connectivity index (χ0v) is 29.3. The van der Waals surface area contributed by atoms with E-state index in [1.807, 2.05) is 61.5 Å². The summed E-state index contributed by atoms with van der Waals surface area (Å²) in [5.74, 6) is 2.31. The molecule has 7 rings (SSSR count). The maximum absolute atomic E-state index is 13.6. The van der Waals surface area contributed by atoms with Gasteiger partial charge in [-0.1, -0.05) is 45.0 Å². The van der Waals surface area contributed by atoms with Crippen LogP contribution >= 0.6 is 0 Å². The number of likely N-dealkylation sites (tertiary alicyclic amines) is 1. The molecule has 0 saturated carbocycles. The molecule has 1 saturated heterocycles. The lowest BCUT2D eigenvalue weighted by Crippen LogP contribution is -2.36. The summed E-state index contributed by atoms with van der Waals surface area (Å²) in [5, 5.41) is 24.7. The number of aromatic nitrogens is 7. The van der Waals surface area contributed by atoms with Crippen molar-refractivity contribution in [2.45, 2.75) is 76.6 Å². The Hall–Kier alpha value is -4.75. The van der Waals surface area contributed by atoms with Gasteiger partial charge in [0.05, 0.1) is 42.9 Å². The molecule has 5 aromatic rings. The third-order valence-electron chi connectivity index (χ3n) is 9.60. The van der Waals surface area contributed by atoms with Crippen molar-refractivity contribution in [3.8, 4) is 11.4 Å². The molecule has 2 amide bonds. The second-order valence-electron chi connectivity index (χ2n) is 14.6. The number of urea groups is 1. The predicted molar refractivity (Wildman–Crippen MR) is 188 cm³/mol. The van der Waals surface area contributed by atoms with E-state index in [1.165, 1.54) is 0 Å². The van der Waals surface area contributed by atoms with Crippen molar-refractivity contribution >= 4 is 17.5 Å². The van der Waals surface area contributed by atoms with Gasteiger partial charge in [0.15, 0.2) is 11.5 Å². The molecule has 2 N–H and O–H groups in total. The monoisotopic (exact) mass is 665 g/mol. The Kier molecular flexibility index (Phi) is 8.88. The number of fused-ring (bicyclic) bond motifs is 2. The number of ether oxygens (including phenoxy) is 1. The highest BCUT2D eigenvalue weighted by Crippen LogP contribution is 2.39. The molecular formula is C36H47N11O2. The van der Waals surface area contributed by atoms with E-state index in [1.54, 1.807) is 10.9 Å². The Morgan fingerprint density at radius 3 is 2.61 bits per heavy atom. The molecule has 49 heavy (non-hydrogen) atoms. The van der Waals surface area contributed by atoms with Gasteiger partial charge in [-0.15, -0.1) is 10.2 Å². The summed E-state index contributed by atoms with van der Waals surface area (Å²) in [6.07, 6.45) is 9.31. The molecule has 1 aliphatic heterocycles. The molecule has 0 spiro atoms. The fraction of sp³-hybridized carbons (Fsp3) is 0.472. The summed E-state index contributed by atoms with van der Waals surface area (Å²) in [7, 11) is 6.22. The molecule has 4 aromatic heterocycles. The first-order chi connectivity index (χ1) is 23.5. The first-order valence-electron chi connectivity index (χ1n) is 17.2. The van der Waals surface area contributed by atoms with Crippen molar-refractivity contribution in [3.05, 3.63) is 83.7 Å². The second-order valence-corrected chi connectivity index (χ2v) is 14.6. The van der Waals surface area contributed by atoms with E-state index in [-0.39, 0.29) is 29.6 Å². The summed E-state index contributed by atoms with van der Waals surface area (Å²) >= 11 is 0. The van der Waals surface area contributed by atoms with Crippen LogP contribution in [0.2, 0.25) is 0 Å². The highest BCUT2D eigenvalue weighted by molar-refractivity contribution is 5.89. The Balaban J connectivity index is 1.07. The highest BCUT2D eigenvalue weighted by atomic mass is 16.5. The van der Waals surface area contributed by atoms with Crippen LogP contribution in [0, 0.1) is 0 Å². The third-order valence-corrected chi connectivity index (χ3v) is 9.60. The molecule has 1 aliphatic carbocycles. The summed E-state index contributed by atoms with van der Waals surface area (Å²) in [6.45, 7) is 9.01. The molecule has 1 fully saturated rings. The highest BCUT2D eigenvalue weighted by Gasteiger charge is 2.31. The molecule has 2 aliphatic rings. The Bertz CT molecular complexity index is 1930. The average molecular weight is 666 g/mol. The van der Waals surface area contributed by atoms with Crippen molar-refractivity contribution in [2.24, 2.45) is 0 Å². The lowest BCUT2D eigenvalue weighted by molar-refractivity contribution is 0.171. The quantitative estimate of drug-likeness (QED) is 0.211. The van der Waals surface area contributed by atoms with Crippen molar-refractivity contribution < 1.29 is 9.53 Å².